The van der Waals surface area contributed by atoms with E-state index in [0.29, 0.717) is 13.1 Å². The van der Waals surface area contributed by atoms with Crippen LogP contribution in [0.4, 0.5) is 0 Å². The summed E-state index contributed by atoms with van der Waals surface area (Å²) in [4.78, 5) is 19.9. The fourth-order valence-electron chi connectivity index (χ4n) is 1.59. The van der Waals surface area contributed by atoms with Gasteiger partial charge in [-0.15, -0.1) is 0 Å². The van der Waals surface area contributed by atoms with Crippen LogP contribution in [0.15, 0.2) is 24.5 Å². The lowest BCUT2D eigenvalue weighted by Crippen LogP contribution is -2.44. The van der Waals surface area contributed by atoms with E-state index in [1.807, 2.05) is 31.1 Å². The molecule has 0 aliphatic carbocycles. The van der Waals surface area contributed by atoms with Crippen molar-refractivity contribution in [1.82, 2.24) is 14.8 Å². The third-order valence-electron chi connectivity index (χ3n) is 2.61. The predicted molar refractivity (Wildman–Crippen MR) is 71.9 cm³/mol. The highest BCUT2D eigenvalue weighted by Crippen LogP contribution is 2.04. The van der Waals surface area contributed by atoms with E-state index >= 15 is 0 Å². The molecule has 0 saturated heterocycles. The van der Waals surface area contributed by atoms with Crippen LogP contribution in [0.3, 0.4) is 0 Å². The quantitative estimate of drug-likeness (QED) is 0.790. The summed E-state index contributed by atoms with van der Waals surface area (Å²) in [5.41, 5.74) is 6.70. The Kier molecular flexibility index (Phi) is 5.74. The molecule has 0 saturated carbocycles. The van der Waals surface area contributed by atoms with E-state index < -0.39 is 6.04 Å². The lowest BCUT2D eigenvalue weighted by molar-refractivity contribution is -0.133. The Morgan fingerprint density at radius 3 is 2.67 bits per heavy atom. The van der Waals surface area contributed by atoms with Crippen molar-refractivity contribution in [1.29, 1.82) is 0 Å². The number of aromatic nitrogens is 1. The minimum absolute atomic E-state index is 0.0271. The standard InChI is InChI=1S/C13H22N4O/c1-11(14)13(18)17(8-7-16(2)3)10-12-5-4-6-15-9-12/h4-6,9,11H,7-8,10,14H2,1-3H3/t11-/m0/s1. The van der Waals surface area contributed by atoms with E-state index in [-0.39, 0.29) is 5.91 Å². The summed E-state index contributed by atoms with van der Waals surface area (Å²) in [6.45, 7) is 3.76. The summed E-state index contributed by atoms with van der Waals surface area (Å²) >= 11 is 0. The first-order valence-corrected chi connectivity index (χ1v) is 6.08. The first-order valence-electron chi connectivity index (χ1n) is 6.08. The second-order valence-electron chi connectivity index (χ2n) is 4.71. The van der Waals surface area contributed by atoms with Gasteiger partial charge in [0.25, 0.3) is 0 Å². The van der Waals surface area contributed by atoms with Gasteiger partial charge in [-0.2, -0.15) is 0 Å². The van der Waals surface area contributed by atoms with Crippen molar-refractivity contribution >= 4 is 5.91 Å². The van der Waals surface area contributed by atoms with E-state index in [1.165, 1.54) is 0 Å². The Labute approximate surface area is 109 Å². The molecule has 1 atom stereocenters. The number of hydrogen-bond acceptors (Lipinski definition) is 4. The first-order chi connectivity index (χ1) is 8.50. The van der Waals surface area contributed by atoms with Crippen molar-refractivity contribution in [3.05, 3.63) is 30.1 Å². The SMILES string of the molecule is C[C@H](N)C(=O)N(CCN(C)C)Cc1cccnc1. The summed E-state index contributed by atoms with van der Waals surface area (Å²) in [5.74, 6) is -0.0271. The van der Waals surface area contributed by atoms with Crippen LogP contribution in [0.25, 0.3) is 0 Å². The smallest absolute Gasteiger partial charge is 0.239 e. The summed E-state index contributed by atoms with van der Waals surface area (Å²) in [5, 5.41) is 0. The molecule has 1 rings (SSSR count). The van der Waals surface area contributed by atoms with Crippen molar-refractivity contribution < 1.29 is 4.79 Å². The van der Waals surface area contributed by atoms with E-state index in [1.54, 1.807) is 24.2 Å². The van der Waals surface area contributed by atoms with Crippen LogP contribution in [0.5, 0.6) is 0 Å². The molecular formula is C13H22N4O. The number of nitrogens with two attached hydrogens (primary N) is 1. The van der Waals surface area contributed by atoms with Gasteiger partial charge in [0.05, 0.1) is 6.04 Å². The lowest BCUT2D eigenvalue weighted by Gasteiger charge is -2.26. The van der Waals surface area contributed by atoms with Gasteiger partial charge in [0.1, 0.15) is 0 Å². The number of nitrogens with zero attached hydrogens (tertiary/aromatic N) is 3. The summed E-state index contributed by atoms with van der Waals surface area (Å²) in [6.07, 6.45) is 3.50. The van der Waals surface area contributed by atoms with Crippen LogP contribution in [0.2, 0.25) is 0 Å². The topological polar surface area (TPSA) is 62.5 Å². The van der Waals surface area contributed by atoms with Crippen molar-refractivity contribution in [3.8, 4) is 0 Å². The number of amides is 1. The highest BCUT2D eigenvalue weighted by Gasteiger charge is 2.17. The van der Waals surface area contributed by atoms with Crippen LogP contribution in [0.1, 0.15) is 12.5 Å². The molecule has 18 heavy (non-hydrogen) atoms. The predicted octanol–water partition coefficient (Wildman–Crippen LogP) is 0.319. The lowest BCUT2D eigenvalue weighted by atomic mass is 10.2. The molecule has 1 amide bonds. The van der Waals surface area contributed by atoms with Crippen LogP contribution in [-0.4, -0.2) is 53.9 Å². The molecule has 0 spiro atoms. The Hall–Kier alpha value is -1.46. The van der Waals surface area contributed by atoms with E-state index in [2.05, 4.69) is 4.98 Å². The fourth-order valence-corrected chi connectivity index (χ4v) is 1.59. The second kappa shape index (κ2) is 7.08. The molecule has 5 heteroatoms. The fraction of sp³-hybridized carbons (Fsp3) is 0.538. The number of hydrogen-bond donors (Lipinski definition) is 1. The van der Waals surface area contributed by atoms with Crippen molar-refractivity contribution in [3.63, 3.8) is 0 Å². The monoisotopic (exact) mass is 250 g/mol. The maximum absolute atomic E-state index is 12.0. The molecule has 0 aliphatic heterocycles. The molecule has 0 bridgehead atoms. The number of likely N-dealkylation sites (N-methyl/N-ethyl adjacent to an activating group) is 1. The molecule has 5 nitrogen and oxygen atoms in total. The highest BCUT2D eigenvalue weighted by molar-refractivity contribution is 5.81. The van der Waals surface area contributed by atoms with Gasteiger partial charge >= 0.3 is 0 Å². The number of rotatable bonds is 6. The minimum Gasteiger partial charge on any atom is -0.336 e. The van der Waals surface area contributed by atoms with Gasteiger partial charge < -0.3 is 15.5 Å². The van der Waals surface area contributed by atoms with Crippen LogP contribution < -0.4 is 5.73 Å². The molecule has 100 valence electrons. The zero-order valence-electron chi connectivity index (χ0n) is 11.3. The third-order valence-corrected chi connectivity index (χ3v) is 2.61. The number of carbonyl (C=O) groups excluding carboxylic acids is 1. The summed E-state index contributed by atoms with van der Waals surface area (Å²) in [7, 11) is 3.97. The Morgan fingerprint density at radius 2 is 2.17 bits per heavy atom. The maximum Gasteiger partial charge on any atom is 0.239 e. The number of pyridine rings is 1. The Morgan fingerprint density at radius 1 is 1.44 bits per heavy atom. The Balaban J connectivity index is 2.68. The first kappa shape index (κ1) is 14.6. The van der Waals surface area contributed by atoms with Gasteiger partial charge in [0.15, 0.2) is 0 Å². The normalized spacial score (nSPS) is 12.5. The van der Waals surface area contributed by atoms with Gasteiger partial charge in [0.2, 0.25) is 5.91 Å². The van der Waals surface area contributed by atoms with Gasteiger partial charge in [-0.25, -0.2) is 0 Å². The zero-order chi connectivity index (χ0) is 13.5. The van der Waals surface area contributed by atoms with E-state index in [9.17, 15) is 4.79 Å². The molecule has 1 aromatic heterocycles. The molecule has 0 fully saturated rings. The summed E-state index contributed by atoms with van der Waals surface area (Å²) < 4.78 is 0. The molecule has 0 radical (unpaired) electrons. The highest BCUT2D eigenvalue weighted by atomic mass is 16.2. The molecule has 0 aromatic carbocycles. The van der Waals surface area contributed by atoms with E-state index in [0.717, 1.165) is 12.1 Å². The van der Waals surface area contributed by atoms with Crippen molar-refractivity contribution in [2.24, 2.45) is 5.73 Å². The van der Waals surface area contributed by atoms with Crippen LogP contribution >= 0.6 is 0 Å². The minimum atomic E-state index is -0.469. The molecule has 1 aromatic rings. The molecule has 1 heterocycles. The van der Waals surface area contributed by atoms with Gasteiger partial charge in [0, 0.05) is 32.0 Å². The second-order valence-corrected chi connectivity index (χ2v) is 4.71. The maximum atomic E-state index is 12.0. The third kappa shape index (κ3) is 4.81. The number of carbonyl (C=O) groups is 1. The average Bonchev–Trinajstić information content (AvgIpc) is 2.34. The van der Waals surface area contributed by atoms with Crippen LogP contribution in [0, 0.1) is 0 Å². The molecule has 0 unspecified atom stereocenters. The van der Waals surface area contributed by atoms with Gasteiger partial charge in [-0.1, -0.05) is 6.07 Å². The zero-order valence-corrected chi connectivity index (χ0v) is 11.3. The molecule has 0 aliphatic rings. The van der Waals surface area contributed by atoms with Gasteiger partial charge in [-0.05, 0) is 32.6 Å². The Bertz CT molecular complexity index is 365. The van der Waals surface area contributed by atoms with Crippen molar-refractivity contribution in [2.45, 2.75) is 19.5 Å². The largest absolute Gasteiger partial charge is 0.336 e. The van der Waals surface area contributed by atoms with Crippen LogP contribution in [-0.2, 0) is 11.3 Å². The molecular weight excluding hydrogens is 228 g/mol. The summed E-state index contributed by atoms with van der Waals surface area (Å²) in [6, 6.07) is 3.36. The van der Waals surface area contributed by atoms with Gasteiger partial charge in [-0.3, -0.25) is 9.78 Å². The van der Waals surface area contributed by atoms with Crippen molar-refractivity contribution in [2.75, 3.05) is 27.2 Å². The molecule has 2 N–H and O–H groups in total. The average molecular weight is 250 g/mol. The van der Waals surface area contributed by atoms with E-state index in [4.69, 9.17) is 5.73 Å².